The molecule has 0 atom stereocenters. The molecular formula is C23H22N4O2. The molecule has 2 aliphatic rings. The van der Waals surface area contributed by atoms with E-state index in [1.807, 2.05) is 65.3 Å². The lowest BCUT2D eigenvalue weighted by Gasteiger charge is -2.27. The molecule has 0 radical (unpaired) electrons. The molecular weight excluding hydrogens is 364 g/mol. The van der Waals surface area contributed by atoms with E-state index in [1.165, 1.54) is 0 Å². The molecule has 1 aliphatic heterocycles. The predicted octanol–water partition coefficient (Wildman–Crippen LogP) is 3.38. The summed E-state index contributed by atoms with van der Waals surface area (Å²) in [5.41, 5.74) is 3.54. The molecule has 1 aliphatic carbocycles. The van der Waals surface area contributed by atoms with Crippen LogP contribution in [0.4, 0.5) is 5.82 Å². The van der Waals surface area contributed by atoms with Crippen LogP contribution in [0.1, 0.15) is 35.2 Å². The van der Waals surface area contributed by atoms with Gasteiger partial charge in [-0.3, -0.25) is 14.5 Å². The molecule has 2 heterocycles. The van der Waals surface area contributed by atoms with Gasteiger partial charge in [0, 0.05) is 29.7 Å². The Kier molecular flexibility index (Phi) is 4.39. The molecule has 0 saturated heterocycles. The highest BCUT2D eigenvalue weighted by Crippen LogP contribution is 2.29. The number of hydrogen-bond donors (Lipinski definition) is 1. The van der Waals surface area contributed by atoms with Crippen molar-refractivity contribution in [1.29, 1.82) is 0 Å². The third kappa shape index (κ3) is 3.66. The summed E-state index contributed by atoms with van der Waals surface area (Å²) in [7, 11) is 0. The Bertz CT molecular complexity index is 1050. The molecule has 1 aromatic heterocycles. The maximum absolute atomic E-state index is 12.6. The highest BCUT2D eigenvalue weighted by Gasteiger charge is 2.27. The average Bonchev–Trinajstić information content (AvgIpc) is 3.46. The number of nitrogens with one attached hydrogen (secondary N) is 1. The molecule has 1 N–H and O–H groups in total. The van der Waals surface area contributed by atoms with E-state index in [1.54, 1.807) is 4.90 Å². The lowest BCUT2D eigenvalue weighted by Crippen LogP contribution is -2.36. The number of fused-ring (bicyclic) bond motifs is 1. The fourth-order valence-corrected chi connectivity index (χ4v) is 3.61. The maximum atomic E-state index is 12.6. The first-order chi connectivity index (χ1) is 14.2. The van der Waals surface area contributed by atoms with Crippen molar-refractivity contribution in [3.05, 3.63) is 71.8 Å². The van der Waals surface area contributed by atoms with E-state index in [4.69, 9.17) is 0 Å². The fraction of sp³-hybridized carbons (Fsp3) is 0.261. The number of amides is 2. The van der Waals surface area contributed by atoms with Gasteiger partial charge in [0.05, 0.1) is 18.8 Å². The second kappa shape index (κ2) is 7.20. The van der Waals surface area contributed by atoms with Gasteiger partial charge in [0.25, 0.3) is 5.91 Å². The highest BCUT2D eigenvalue weighted by atomic mass is 16.2. The number of aryl methyl sites for hydroxylation is 1. The highest BCUT2D eigenvalue weighted by molar-refractivity contribution is 5.95. The van der Waals surface area contributed by atoms with Crippen molar-refractivity contribution in [2.24, 2.45) is 0 Å². The van der Waals surface area contributed by atoms with Gasteiger partial charge < -0.3 is 5.32 Å². The summed E-state index contributed by atoms with van der Waals surface area (Å²) in [6, 6.07) is 19.8. The summed E-state index contributed by atoms with van der Waals surface area (Å²) in [6.45, 7) is 1.06. The number of carbonyl (C=O) groups excluding carboxylic acids is 2. The van der Waals surface area contributed by atoms with Gasteiger partial charge in [-0.2, -0.15) is 5.10 Å². The van der Waals surface area contributed by atoms with Crippen LogP contribution in [0.5, 0.6) is 0 Å². The second-order valence-corrected chi connectivity index (χ2v) is 7.65. The van der Waals surface area contributed by atoms with Crippen molar-refractivity contribution < 1.29 is 9.59 Å². The molecule has 29 heavy (non-hydrogen) atoms. The van der Waals surface area contributed by atoms with E-state index in [-0.39, 0.29) is 11.8 Å². The number of carbonyl (C=O) groups is 2. The summed E-state index contributed by atoms with van der Waals surface area (Å²) >= 11 is 0. The quantitative estimate of drug-likeness (QED) is 0.731. The Balaban J connectivity index is 1.36. The molecule has 5 rings (SSSR count). The molecule has 6 nitrogen and oxygen atoms in total. The van der Waals surface area contributed by atoms with Gasteiger partial charge in [-0.05, 0) is 30.5 Å². The number of hydrogen-bond acceptors (Lipinski definition) is 3. The topological polar surface area (TPSA) is 67.2 Å². The van der Waals surface area contributed by atoms with E-state index in [2.05, 4.69) is 10.4 Å². The number of rotatable bonds is 5. The molecule has 0 bridgehead atoms. The minimum absolute atomic E-state index is 0.0290. The molecule has 2 aromatic carbocycles. The van der Waals surface area contributed by atoms with E-state index in [0.717, 1.165) is 35.5 Å². The van der Waals surface area contributed by atoms with Crippen LogP contribution in [0, 0.1) is 0 Å². The largest absolute Gasteiger partial charge is 0.349 e. The van der Waals surface area contributed by atoms with Crippen LogP contribution in [0.2, 0.25) is 0 Å². The predicted molar refractivity (Wildman–Crippen MR) is 110 cm³/mol. The zero-order valence-electron chi connectivity index (χ0n) is 16.0. The first kappa shape index (κ1) is 17.7. The summed E-state index contributed by atoms with van der Waals surface area (Å²) in [5.74, 6) is 0.877. The third-order valence-corrected chi connectivity index (χ3v) is 5.41. The number of anilines is 1. The van der Waals surface area contributed by atoms with Crippen LogP contribution < -0.4 is 10.2 Å². The van der Waals surface area contributed by atoms with Crippen molar-refractivity contribution in [3.8, 4) is 11.3 Å². The van der Waals surface area contributed by atoms with Crippen molar-refractivity contribution in [1.82, 2.24) is 15.1 Å². The number of benzene rings is 2. The monoisotopic (exact) mass is 386 g/mol. The van der Waals surface area contributed by atoms with Gasteiger partial charge >= 0.3 is 0 Å². The fourth-order valence-electron chi connectivity index (χ4n) is 3.61. The van der Waals surface area contributed by atoms with Gasteiger partial charge in [0.1, 0.15) is 5.82 Å². The lowest BCUT2D eigenvalue weighted by atomic mass is 10.1. The second-order valence-electron chi connectivity index (χ2n) is 7.65. The maximum Gasteiger partial charge on any atom is 0.251 e. The van der Waals surface area contributed by atoms with Gasteiger partial charge in [0.15, 0.2) is 0 Å². The van der Waals surface area contributed by atoms with E-state index >= 15 is 0 Å². The molecule has 1 saturated carbocycles. The average molecular weight is 386 g/mol. The SMILES string of the molecule is O=C(NC1CC1)c1ccc(CN2C(=O)CCn3nc(-c4ccccc4)cc32)cc1. The molecule has 1 fully saturated rings. The van der Waals surface area contributed by atoms with Crippen LogP contribution in [0.25, 0.3) is 11.3 Å². The van der Waals surface area contributed by atoms with Crippen molar-refractivity contribution in [2.75, 3.05) is 4.90 Å². The Hall–Kier alpha value is -3.41. The van der Waals surface area contributed by atoms with Crippen molar-refractivity contribution >= 4 is 17.6 Å². The Morgan fingerprint density at radius 2 is 1.83 bits per heavy atom. The van der Waals surface area contributed by atoms with E-state index < -0.39 is 0 Å². The molecule has 0 spiro atoms. The minimum Gasteiger partial charge on any atom is -0.349 e. The first-order valence-corrected chi connectivity index (χ1v) is 10.0. The van der Waals surface area contributed by atoms with E-state index in [0.29, 0.717) is 31.1 Å². The van der Waals surface area contributed by atoms with Crippen molar-refractivity contribution in [2.45, 2.75) is 38.4 Å². The summed E-state index contributed by atoms with van der Waals surface area (Å²) in [6.07, 6.45) is 2.57. The number of aromatic nitrogens is 2. The van der Waals surface area contributed by atoms with Gasteiger partial charge in [-0.15, -0.1) is 0 Å². The summed E-state index contributed by atoms with van der Waals surface area (Å²) < 4.78 is 1.90. The van der Waals surface area contributed by atoms with Crippen LogP contribution in [0.15, 0.2) is 60.7 Å². The summed E-state index contributed by atoms with van der Waals surface area (Å²) in [4.78, 5) is 26.6. The Morgan fingerprint density at radius 3 is 2.55 bits per heavy atom. The lowest BCUT2D eigenvalue weighted by molar-refractivity contribution is -0.119. The molecule has 3 aromatic rings. The Labute approximate surface area is 169 Å². The smallest absolute Gasteiger partial charge is 0.251 e. The number of nitrogens with zero attached hydrogens (tertiary/aromatic N) is 3. The Morgan fingerprint density at radius 1 is 1.07 bits per heavy atom. The molecule has 146 valence electrons. The molecule has 0 unspecified atom stereocenters. The minimum atomic E-state index is -0.0290. The molecule has 2 amide bonds. The van der Waals surface area contributed by atoms with Crippen LogP contribution >= 0.6 is 0 Å². The van der Waals surface area contributed by atoms with Crippen LogP contribution in [-0.4, -0.2) is 27.6 Å². The zero-order chi connectivity index (χ0) is 19.8. The molecule has 6 heteroatoms. The van der Waals surface area contributed by atoms with E-state index in [9.17, 15) is 9.59 Å². The third-order valence-electron chi connectivity index (χ3n) is 5.41. The standard InChI is InChI=1S/C23H22N4O2/c28-22-12-13-27-21(14-20(25-27)17-4-2-1-3-5-17)26(22)15-16-6-8-18(9-7-16)23(29)24-19-10-11-19/h1-9,14,19H,10-13,15H2,(H,24,29). The van der Waals surface area contributed by atoms with Crippen LogP contribution in [0.3, 0.4) is 0 Å². The summed E-state index contributed by atoms with van der Waals surface area (Å²) in [5, 5.41) is 7.68. The van der Waals surface area contributed by atoms with Gasteiger partial charge in [-0.1, -0.05) is 42.5 Å². The van der Waals surface area contributed by atoms with Gasteiger partial charge in [0.2, 0.25) is 5.91 Å². The zero-order valence-corrected chi connectivity index (χ0v) is 16.0. The van der Waals surface area contributed by atoms with Crippen LogP contribution in [-0.2, 0) is 17.9 Å². The van der Waals surface area contributed by atoms with Crippen molar-refractivity contribution in [3.63, 3.8) is 0 Å². The van der Waals surface area contributed by atoms with Gasteiger partial charge in [-0.25, -0.2) is 4.68 Å². The normalized spacial score (nSPS) is 15.9. The first-order valence-electron chi connectivity index (χ1n) is 10.0.